The standard InChI is InChI=1S/C16H21N5O2/c22-15(19-10-16(23)7-1-2-8-16)18-9-13-3-5-14(6-4-13)21-12-17-11-20-21/h3-6,11-12,23H,1-2,7-10H2,(H2,18,19,22). The van der Waals surface area contributed by atoms with Gasteiger partial charge < -0.3 is 15.7 Å². The van der Waals surface area contributed by atoms with Crippen LogP contribution in [0.4, 0.5) is 4.79 Å². The zero-order valence-corrected chi connectivity index (χ0v) is 12.9. The summed E-state index contributed by atoms with van der Waals surface area (Å²) in [6.07, 6.45) is 6.69. The molecule has 7 heteroatoms. The molecule has 7 nitrogen and oxygen atoms in total. The van der Waals surface area contributed by atoms with Crippen LogP contribution in [0.5, 0.6) is 0 Å². The molecule has 1 aromatic heterocycles. The van der Waals surface area contributed by atoms with Gasteiger partial charge in [-0.15, -0.1) is 0 Å². The minimum Gasteiger partial charge on any atom is -0.388 e. The number of carbonyl (C=O) groups excluding carboxylic acids is 1. The molecule has 2 amide bonds. The summed E-state index contributed by atoms with van der Waals surface area (Å²) in [5.74, 6) is 0. The maximum absolute atomic E-state index is 11.8. The molecular formula is C16H21N5O2. The fraction of sp³-hybridized carbons (Fsp3) is 0.438. The Morgan fingerprint density at radius 1 is 1.22 bits per heavy atom. The van der Waals surface area contributed by atoms with E-state index in [0.717, 1.165) is 36.9 Å². The van der Waals surface area contributed by atoms with Gasteiger partial charge in [0.2, 0.25) is 0 Å². The van der Waals surface area contributed by atoms with E-state index in [9.17, 15) is 9.90 Å². The summed E-state index contributed by atoms with van der Waals surface area (Å²) in [6, 6.07) is 7.45. The third-order valence-electron chi connectivity index (χ3n) is 4.18. The molecular weight excluding hydrogens is 294 g/mol. The SMILES string of the molecule is O=C(NCc1ccc(-n2cncn2)cc1)NCC1(O)CCCC1. The van der Waals surface area contributed by atoms with E-state index in [1.54, 1.807) is 11.0 Å². The second kappa shape index (κ2) is 6.78. The lowest BCUT2D eigenvalue weighted by molar-refractivity contribution is 0.0501. The van der Waals surface area contributed by atoms with E-state index < -0.39 is 5.60 Å². The second-order valence-electron chi connectivity index (χ2n) is 5.97. The van der Waals surface area contributed by atoms with Gasteiger partial charge in [-0.1, -0.05) is 25.0 Å². The molecule has 0 bridgehead atoms. The first kappa shape index (κ1) is 15.5. The van der Waals surface area contributed by atoms with Gasteiger partial charge in [-0.05, 0) is 30.5 Å². The highest BCUT2D eigenvalue weighted by molar-refractivity contribution is 5.73. The van der Waals surface area contributed by atoms with E-state index in [-0.39, 0.29) is 6.03 Å². The number of aromatic nitrogens is 3. The number of urea groups is 1. The largest absolute Gasteiger partial charge is 0.388 e. The van der Waals surface area contributed by atoms with Gasteiger partial charge in [0, 0.05) is 13.1 Å². The van der Waals surface area contributed by atoms with E-state index in [1.807, 2.05) is 24.3 Å². The molecule has 1 heterocycles. The van der Waals surface area contributed by atoms with Crippen molar-refractivity contribution < 1.29 is 9.90 Å². The fourth-order valence-electron chi connectivity index (χ4n) is 2.81. The molecule has 0 unspecified atom stereocenters. The molecule has 0 aliphatic heterocycles. The number of nitrogens with one attached hydrogen (secondary N) is 2. The summed E-state index contributed by atoms with van der Waals surface area (Å²) in [4.78, 5) is 15.7. The number of nitrogens with zero attached hydrogens (tertiary/aromatic N) is 3. The van der Waals surface area contributed by atoms with Crippen LogP contribution in [0, 0.1) is 0 Å². The van der Waals surface area contributed by atoms with Gasteiger partial charge in [0.05, 0.1) is 11.3 Å². The smallest absolute Gasteiger partial charge is 0.315 e. The van der Waals surface area contributed by atoms with Crippen molar-refractivity contribution in [3.8, 4) is 5.69 Å². The van der Waals surface area contributed by atoms with Crippen molar-refractivity contribution in [3.05, 3.63) is 42.5 Å². The van der Waals surface area contributed by atoms with Crippen LogP contribution < -0.4 is 10.6 Å². The van der Waals surface area contributed by atoms with Crippen molar-refractivity contribution in [1.29, 1.82) is 0 Å². The summed E-state index contributed by atoms with van der Waals surface area (Å²) in [7, 11) is 0. The van der Waals surface area contributed by atoms with E-state index in [0.29, 0.717) is 13.1 Å². The molecule has 2 aromatic rings. The number of carbonyl (C=O) groups is 1. The van der Waals surface area contributed by atoms with Crippen molar-refractivity contribution in [2.24, 2.45) is 0 Å². The Balaban J connectivity index is 1.45. The lowest BCUT2D eigenvalue weighted by atomic mass is 10.0. The highest BCUT2D eigenvalue weighted by Crippen LogP contribution is 2.28. The quantitative estimate of drug-likeness (QED) is 0.777. The van der Waals surface area contributed by atoms with Crippen LogP contribution in [0.1, 0.15) is 31.2 Å². The summed E-state index contributed by atoms with van der Waals surface area (Å²) in [5.41, 5.74) is 1.18. The second-order valence-corrected chi connectivity index (χ2v) is 5.97. The molecule has 1 aliphatic rings. The Bertz CT molecular complexity index is 633. The minimum atomic E-state index is -0.725. The van der Waals surface area contributed by atoms with Crippen LogP contribution in [0.25, 0.3) is 5.69 Å². The molecule has 0 radical (unpaired) electrons. The van der Waals surface area contributed by atoms with Crippen molar-refractivity contribution in [2.75, 3.05) is 6.54 Å². The van der Waals surface area contributed by atoms with E-state index in [4.69, 9.17) is 0 Å². The summed E-state index contributed by atoms with van der Waals surface area (Å²) >= 11 is 0. The zero-order valence-electron chi connectivity index (χ0n) is 12.9. The Morgan fingerprint density at radius 2 is 1.96 bits per heavy atom. The summed E-state index contributed by atoms with van der Waals surface area (Å²) in [5, 5.41) is 19.8. The average Bonchev–Trinajstić information content (AvgIpc) is 3.24. The Morgan fingerprint density at radius 3 is 2.61 bits per heavy atom. The third-order valence-corrected chi connectivity index (χ3v) is 4.18. The van der Waals surface area contributed by atoms with Crippen LogP contribution in [0.15, 0.2) is 36.9 Å². The summed E-state index contributed by atoms with van der Waals surface area (Å²) < 4.78 is 1.67. The number of aliphatic hydroxyl groups is 1. The molecule has 1 aliphatic carbocycles. The van der Waals surface area contributed by atoms with Crippen molar-refractivity contribution in [1.82, 2.24) is 25.4 Å². The van der Waals surface area contributed by atoms with Gasteiger partial charge in [0.1, 0.15) is 12.7 Å². The zero-order chi connectivity index (χ0) is 16.1. The Kier molecular flexibility index (Phi) is 4.57. The number of rotatable bonds is 5. The molecule has 1 fully saturated rings. The van der Waals surface area contributed by atoms with Crippen LogP contribution in [0.3, 0.4) is 0 Å². The van der Waals surface area contributed by atoms with E-state index >= 15 is 0 Å². The molecule has 3 N–H and O–H groups in total. The van der Waals surface area contributed by atoms with Gasteiger partial charge in [0.15, 0.2) is 0 Å². The number of amides is 2. The minimum absolute atomic E-state index is 0.259. The van der Waals surface area contributed by atoms with Gasteiger partial charge in [-0.2, -0.15) is 5.10 Å². The lowest BCUT2D eigenvalue weighted by Crippen LogP contribution is -2.44. The molecule has 1 aromatic carbocycles. The van der Waals surface area contributed by atoms with Crippen LogP contribution in [-0.4, -0.2) is 38.0 Å². The predicted molar refractivity (Wildman–Crippen MR) is 85.0 cm³/mol. The van der Waals surface area contributed by atoms with Crippen LogP contribution >= 0.6 is 0 Å². The van der Waals surface area contributed by atoms with Gasteiger partial charge >= 0.3 is 6.03 Å². The van der Waals surface area contributed by atoms with Crippen molar-refractivity contribution >= 4 is 6.03 Å². The van der Waals surface area contributed by atoms with Crippen LogP contribution in [-0.2, 0) is 6.54 Å². The van der Waals surface area contributed by atoms with Crippen molar-refractivity contribution in [3.63, 3.8) is 0 Å². The monoisotopic (exact) mass is 315 g/mol. The van der Waals surface area contributed by atoms with Crippen molar-refractivity contribution in [2.45, 2.75) is 37.8 Å². The average molecular weight is 315 g/mol. The normalized spacial score (nSPS) is 16.2. The number of hydrogen-bond acceptors (Lipinski definition) is 4. The highest BCUT2D eigenvalue weighted by Gasteiger charge is 2.31. The molecule has 0 spiro atoms. The topological polar surface area (TPSA) is 92.1 Å². The molecule has 0 saturated heterocycles. The third kappa shape index (κ3) is 4.07. The van der Waals surface area contributed by atoms with E-state index in [2.05, 4.69) is 20.7 Å². The molecule has 122 valence electrons. The molecule has 1 saturated carbocycles. The van der Waals surface area contributed by atoms with E-state index in [1.165, 1.54) is 6.33 Å². The Hall–Kier alpha value is -2.41. The first-order valence-electron chi connectivity index (χ1n) is 7.83. The lowest BCUT2D eigenvalue weighted by Gasteiger charge is -2.22. The van der Waals surface area contributed by atoms with Gasteiger partial charge in [-0.3, -0.25) is 0 Å². The maximum Gasteiger partial charge on any atom is 0.315 e. The molecule has 0 atom stereocenters. The number of hydrogen-bond donors (Lipinski definition) is 3. The molecule has 3 rings (SSSR count). The highest BCUT2D eigenvalue weighted by atomic mass is 16.3. The first-order chi connectivity index (χ1) is 11.1. The Labute approximate surface area is 134 Å². The predicted octanol–water partition coefficient (Wildman–Crippen LogP) is 1.37. The summed E-state index contributed by atoms with van der Waals surface area (Å²) in [6.45, 7) is 0.742. The fourth-order valence-corrected chi connectivity index (χ4v) is 2.81. The first-order valence-corrected chi connectivity index (χ1v) is 7.83. The number of benzene rings is 1. The maximum atomic E-state index is 11.8. The molecule has 23 heavy (non-hydrogen) atoms. The van der Waals surface area contributed by atoms with Gasteiger partial charge in [-0.25, -0.2) is 14.5 Å². The van der Waals surface area contributed by atoms with Gasteiger partial charge in [0.25, 0.3) is 0 Å². The van der Waals surface area contributed by atoms with Crippen LogP contribution in [0.2, 0.25) is 0 Å².